The minimum absolute atomic E-state index is 0.331. The number of ether oxygens (including phenoxy) is 2. The second-order valence-electron chi connectivity index (χ2n) is 7.02. The zero-order valence-electron chi connectivity index (χ0n) is 16.5. The van der Waals surface area contributed by atoms with Crippen LogP contribution in [-0.2, 0) is 11.2 Å². The van der Waals surface area contributed by atoms with Crippen LogP contribution in [0.5, 0.6) is 5.75 Å². The number of allylic oxidation sites excluding steroid dienone is 1. The fraction of sp³-hybridized carbons (Fsp3) is 0.320. The number of carbonyl (C=O) groups is 1. The lowest BCUT2D eigenvalue weighted by molar-refractivity contribution is 0.0600. The van der Waals surface area contributed by atoms with E-state index >= 15 is 0 Å². The van der Waals surface area contributed by atoms with Crippen LogP contribution in [0.1, 0.15) is 52.2 Å². The van der Waals surface area contributed by atoms with Crippen molar-refractivity contribution >= 4 is 5.97 Å². The average molecular weight is 374 g/mol. The van der Waals surface area contributed by atoms with Crippen molar-refractivity contribution in [1.82, 2.24) is 0 Å². The maximum atomic E-state index is 11.5. The first-order valence-electron chi connectivity index (χ1n) is 9.63. The quantitative estimate of drug-likeness (QED) is 0.413. The number of esters is 1. The van der Waals surface area contributed by atoms with Crippen LogP contribution < -0.4 is 4.74 Å². The summed E-state index contributed by atoms with van der Waals surface area (Å²) in [4.78, 5) is 11.5. The van der Waals surface area contributed by atoms with Crippen LogP contribution in [0.4, 0.5) is 0 Å². The number of benzene rings is 2. The summed E-state index contributed by atoms with van der Waals surface area (Å²) in [6.07, 6.45) is 6.11. The summed E-state index contributed by atoms with van der Waals surface area (Å²) in [6.45, 7) is 4.05. The van der Waals surface area contributed by atoms with Crippen molar-refractivity contribution < 1.29 is 14.3 Å². The molecule has 0 saturated heterocycles. The SMILES string of the molecule is C=C[C@@H]1CCc2cc(OC)ccc2[C@H]1CCC#Cc1ccc(C(=O)OC)cc1. The maximum absolute atomic E-state index is 11.5. The number of carbonyl (C=O) groups excluding carboxylic acids is 1. The molecule has 0 N–H and O–H groups in total. The highest BCUT2D eigenvalue weighted by Gasteiger charge is 2.27. The van der Waals surface area contributed by atoms with Gasteiger partial charge in [-0.15, -0.1) is 6.58 Å². The topological polar surface area (TPSA) is 35.5 Å². The zero-order chi connectivity index (χ0) is 19.9. The predicted molar refractivity (Wildman–Crippen MR) is 112 cm³/mol. The molecule has 0 aliphatic heterocycles. The summed E-state index contributed by atoms with van der Waals surface area (Å²) in [6, 6.07) is 13.6. The Balaban J connectivity index is 1.68. The van der Waals surface area contributed by atoms with Gasteiger partial charge in [-0.25, -0.2) is 4.79 Å². The highest BCUT2D eigenvalue weighted by Crippen LogP contribution is 2.40. The lowest BCUT2D eigenvalue weighted by Crippen LogP contribution is -2.19. The minimum Gasteiger partial charge on any atom is -0.497 e. The molecule has 0 spiro atoms. The van der Waals surface area contributed by atoms with Gasteiger partial charge in [0.1, 0.15) is 5.75 Å². The van der Waals surface area contributed by atoms with Gasteiger partial charge in [-0.3, -0.25) is 0 Å². The van der Waals surface area contributed by atoms with Gasteiger partial charge in [0.15, 0.2) is 0 Å². The van der Waals surface area contributed by atoms with Gasteiger partial charge in [-0.1, -0.05) is 24.0 Å². The molecule has 0 aromatic heterocycles. The standard InChI is InChI=1S/C25H26O3/c1-4-19-13-14-21-17-22(27-2)15-16-24(21)23(19)8-6-5-7-18-9-11-20(12-10-18)25(26)28-3/h4,9-12,15-17,19,23H,1,6,8,13-14H2,2-3H3/t19-,23+/m1/s1. The van der Waals surface area contributed by atoms with Gasteiger partial charge >= 0.3 is 5.97 Å². The zero-order valence-corrected chi connectivity index (χ0v) is 16.5. The fourth-order valence-corrected chi connectivity index (χ4v) is 3.89. The lowest BCUT2D eigenvalue weighted by Gasteiger charge is -2.32. The van der Waals surface area contributed by atoms with E-state index in [4.69, 9.17) is 9.47 Å². The van der Waals surface area contributed by atoms with E-state index in [2.05, 4.69) is 36.6 Å². The van der Waals surface area contributed by atoms with Crippen LogP contribution in [0.2, 0.25) is 0 Å². The molecule has 144 valence electrons. The Morgan fingerprint density at radius 1 is 1.21 bits per heavy atom. The third-order valence-electron chi connectivity index (χ3n) is 5.44. The van der Waals surface area contributed by atoms with Gasteiger partial charge in [-0.2, -0.15) is 0 Å². The van der Waals surface area contributed by atoms with Crippen LogP contribution in [0.25, 0.3) is 0 Å². The fourth-order valence-electron chi connectivity index (χ4n) is 3.89. The van der Waals surface area contributed by atoms with Gasteiger partial charge < -0.3 is 9.47 Å². The Kier molecular flexibility index (Phi) is 6.55. The van der Waals surface area contributed by atoms with E-state index in [-0.39, 0.29) is 5.97 Å². The largest absolute Gasteiger partial charge is 0.497 e. The first-order chi connectivity index (χ1) is 13.7. The molecule has 3 rings (SSSR count). The monoisotopic (exact) mass is 374 g/mol. The first-order valence-corrected chi connectivity index (χ1v) is 9.63. The summed E-state index contributed by atoms with van der Waals surface area (Å²) < 4.78 is 10.1. The number of hydrogen-bond donors (Lipinski definition) is 0. The van der Waals surface area contributed by atoms with Gasteiger partial charge in [-0.05, 0) is 78.6 Å². The number of rotatable bonds is 5. The average Bonchev–Trinajstić information content (AvgIpc) is 2.75. The first kappa shape index (κ1) is 19.8. The number of aryl methyl sites for hydroxylation is 1. The van der Waals surface area contributed by atoms with Gasteiger partial charge in [0.05, 0.1) is 19.8 Å². The van der Waals surface area contributed by atoms with E-state index < -0.39 is 0 Å². The van der Waals surface area contributed by atoms with Crippen molar-refractivity contribution in [2.24, 2.45) is 5.92 Å². The summed E-state index contributed by atoms with van der Waals surface area (Å²) >= 11 is 0. The Morgan fingerprint density at radius 3 is 2.68 bits per heavy atom. The van der Waals surface area contributed by atoms with E-state index in [1.54, 1.807) is 19.2 Å². The van der Waals surface area contributed by atoms with Crippen LogP contribution in [-0.4, -0.2) is 20.2 Å². The van der Waals surface area contributed by atoms with Crippen molar-refractivity contribution in [3.05, 3.63) is 77.4 Å². The maximum Gasteiger partial charge on any atom is 0.337 e. The molecule has 0 saturated carbocycles. The molecular weight excluding hydrogens is 348 g/mol. The Labute approximate surface area is 167 Å². The Hall–Kier alpha value is -2.99. The molecule has 28 heavy (non-hydrogen) atoms. The molecule has 3 heteroatoms. The molecule has 0 bridgehead atoms. The van der Waals surface area contributed by atoms with E-state index in [1.165, 1.54) is 18.2 Å². The van der Waals surface area contributed by atoms with Crippen molar-refractivity contribution in [2.45, 2.75) is 31.6 Å². The van der Waals surface area contributed by atoms with Crippen molar-refractivity contribution in [1.29, 1.82) is 0 Å². The Morgan fingerprint density at radius 2 is 2.00 bits per heavy atom. The third-order valence-corrected chi connectivity index (χ3v) is 5.44. The molecule has 0 heterocycles. The second kappa shape index (κ2) is 9.28. The summed E-state index contributed by atoms with van der Waals surface area (Å²) in [5.74, 6) is 8.01. The molecule has 2 aromatic rings. The van der Waals surface area contributed by atoms with Crippen LogP contribution in [0.3, 0.4) is 0 Å². The molecule has 0 radical (unpaired) electrons. The molecule has 1 aliphatic rings. The minimum atomic E-state index is -0.331. The highest BCUT2D eigenvalue weighted by atomic mass is 16.5. The van der Waals surface area contributed by atoms with Crippen molar-refractivity contribution in [3.8, 4) is 17.6 Å². The van der Waals surface area contributed by atoms with Crippen LogP contribution in [0.15, 0.2) is 55.1 Å². The van der Waals surface area contributed by atoms with Gasteiger partial charge in [0.25, 0.3) is 0 Å². The predicted octanol–water partition coefficient (Wildman–Crippen LogP) is 5.15. The van der Waals surface area contributed by atoms with Crippen molar-refractivity contribution in [2.75, 3.05) is 14.2 Å². The number of methoxy groups -OCH3 is 2. The molecule has 2 atom stereocenters. The lowest BCUT2D eigenvalue weighted by atomic mass is 9.73. The third kappa shape index (κ3) is 4.46. The number of fused-ring (bicyclic) bond motifs is 1. The summed E-state index contributed by atoms with van der Waals surface area (Å²) in [5.41, 5.74) is 4.23. The Bertz CT molecular complexity index is 900. The second-order valence-corrected chi connectivity index (χ2v) is 7.02. The van der Waals surface area contributed by atoms with Crippen LogP contribution >= 0.6 is 0 Å². The van der Waals surface area contributed by atoms with E-state index in [0.717, 1.165) is 37.0 Å². The highest BCUT2D eigenvalue weighted by molar-refractivity contribution is 5.89. The van der Waals surface area contributed by atoms with Gasteiger partial charge in [0.2, 0.25) is 0 Å². The molecular formula is C25H26O3. The molecule has 3 nitrogen and oxygen atoms in total. The molecule has 0 unspecified atom stereocenters. The molecule has 0 fully saturated rings. The summed E-state index contributed by atoms with van der Waals surface area (Å²) in [5, 5.41) is 0. The van der Waals surface area contributed by atoms with E-state index in [9.17, 15) is 4.79 Å². The number of hydrogen-bond acceptors (Lipinski definition) is 3. The normalized spacial score (nSPS) is 17.6. The van der Waals surface area contributed by atoms with E-state index in [1.807, 2.05) is 18.2 Å². The van der Waals surface area contributed by atoms with Crippen LogP contribution in [0, 0.1) is 17.8 Å². The molecule has 0 amide bonds. The smallest absolute Gasteiger partial charge is 0.337 e. The molecule has 2 aromatic carbocycles. The molecule has 1 aliphatic carbocycles. The van der Waals surface area contributed by atoms with Crippen molar-refractivity contribution in [3.63, 3.8) is 0 Å². The van der Waals surface area contributed by atoms with E-state index in [0.29, 0.717) is 17.4 Å². The summed E-state index contributed by atoms with van der Waals surface area (Å²) in [7, 11) is 3.09. The van der Waals surface area contributed by atoms with Gasteiger partial charge in [0, 0.05) is 12.0 Å².